The van der Waals surface area contributed by atoms with Crippen molar-refractivity contribution in [3.05, 3.63) is 28.2 Å². The fourth-order valence-electron chi connectivity index (χ4n) is 2.81. The van der Waals surface area contributed by atoms with Crippen molar-refractivity contribution in [1.82, 2.24) is 0 Å². The number of fused-ring (bicyclic) bond motifs is 1. The Hall–Kier alpha value is -2.15. The molecular formula is C17H21NO5S. The van der Waals surface area contributed by atoms with E-state index in [1.165, 1.54) is 11.3 Å². The molecule has 0 aliphatic heterocycles. The molecule has 1 amide bonds. The number of ether oxygens (including phenoxy) is 1. The molecule has 2 rings (SSSR count). The van der Waals surface area contributed by atoms with Gasteiger partial charge in [0.25, 0.3) is 0 Å². The van der Waals surface area contributed by atoms with Crippen LogP contribution in [0.1, 0.15) is 47.5 Å². The number of carbonyl (C=O) groups is 3. The Labute approximate surface area is 144 Å². The highest BCUT2D eigenvalue weighted by atomic mass is 32.1. The number of rotatable bonds is 6. The van der Waals surface area contributed by atoms with E-state index in [-0.39, 0.29) is 6.61 Å². The molecule has 0 bridgehead atoms. The van der Waals surface area contributed by atoms with Crippen LogP contribution in [0.5, 0.6) is 0 Å². The molecule has 0 saturated heterocycles. The predicted molar refractivity (Wildman–Crippen MR) is 91.5 cm³/mol. The van der Waals surface area contributed by atoms with E-state index < -0.39 is 17.8 Å². The molecule has 7 heteroatoms. The molecule has 1 heterocycles. The van der Waals surface area contributed by atoms with Gasteiger partial charge in [-0.25, -0.2) is 9.59 Å². The second-order valence-electron chi connectivity index (χ2n) is 5.61. The number of esters is 1. The predicted octanol–water partition coefficient (Wildman–Crippen LogP) is 3.02. The average Bonchev–Trinajstić information content (AvgIpc) is 2.89. The van der Waals surface area contributed by atoms with Crippen LogP contribution in [0, 0.1) is 5.92 Å². The van der Waals surface area contributed by atoms with Gasteiger partial charge in [-0.1, -0.05) is 13.3 Å². The number of thiophene rings is 1. The monoisotopic (exact) mass is 351 g/mol. The number of nitrogens with one attached hydrogen (secondary N) is 1. The minimum absolute atomic E-state index is 0.257. The molecular weight excluding hydrogens is 330 g/mol. The molecule has 0 unspecified atom stereocenters. The molecule has 0 aromatic carbocycles. The van der Waals surface area contributed by atoms with Gasteiger partial charge in [-0.2, -0.15) is 0 Å². The first-order chi connectivity index (χ1) is 11.5. The highest BCUT2D eigenvalue weighted by Gasteiger charge is 2.29. The van der Waals surface area contributed by atoms with Crippen molar-refractivity contribution in [2.45, 2.75) is 39.5 Å². The van der Waals surface area contributed by atoms with E-state index in [1.807, 2.05) is 0 Å². The summed E-state index contributed by atoms with van der Waals surface area (Å²) in [5, 5.41) is 11.7. The number of hydrogen-bond donors (Lipinski definition) is 2. The molecule has 2 N–H and O–H groups in total. The fourth-order valence-corrected chi connectivity index (χ4v) is 4.16. The number of carboxylic acid groups (broad SMARTS) is 1. The van der Waals surface area contributed by atoms with Crippen molar-refractivity contribution in [3.63, 3.8) is 0 Å². The summed E-state index contributed by atoms with van der Waals surface area (Å²) in [6.45, 7) is 4.14. The molecule has 6 nitrogen and oxygen atoms in total. The van der Waals surface area contributed by atoms with Crippen LogP contribution in [0.25, 0.3) is 0 Å². The Morgan fingerprint density at radius 1 is 1.33 bits per heavy atom. The Morgan fingerprint density at radius 3 is 2.71 bits per heavy atom. The zero-order valence-electron chi connectivity index (χ0n) is 13.8. The standard InChI is InChI=1S/C17H21NO5S/c1-3-10-5-6-11-12(9-10)24-16(15(11)17(22)23-4-2)18-13(19)7-8-14(20)21/h7-8,10H,3-6,9H2,1-2H3,(H,18,19)(H,20,21)/b8-7-/t10-/m1/s1. The van der Waals surface area contributed by atoms with E-state index >= 15 is 0 Å². The lowest BCUT2D eigenvalue weighted by Gasteiger charge is -2.20. The maximum absolute atomic E-state index is 12.3. The SMILES string of the molecule is CCOC(=O)c1c(NC(=O)/C=C\C(=O)O)sc2c1CC[C@@H](CC)C2. The minimum atomic E-state index is -1.20. The summed E-state index contributed by atoms with van der Waals surface area (Å²) in [4.78, 5) is 35.8. The van der Waals surface area contributed by atoms with E-state index in [0.29, 0.717) is 16.5 Å². The smallest absolute Gasteiger partial charge is 0.341 e. The number of anilines is 1. The molecule has 1 atom stereocenters. The molecule has 0 radical (unpaired) electrons. The summed E-state index contributed by atoms with van der Waals surface area (Å²) in [6.07, 6.45) is 5.47. The molecule has 0 spiro atoms. The van der Waals surface area contributed by atoms with Crippen LogP contribution in [0.4, 0.5) is 5.00 Å². The first-order valence-corrected chi connectivity index (χ1v) is 8.81. The van der Waals surface area contributed by atoms with Gasteiger partial charge in [0, 0.05) is 17.0 Å². The van der Waals surface area contributed by atoms with Crippen LogP contribution < -0.4 is 5.32 Å². The van der Waals surface area contributed by atoms with Crippen molar-refractivity contribution < 1.29 is 24.2 Å². The number of carboxylic acids is 1. The average molecular weight is 351 g/mol. The molecule has 0 saturated carbocycles. The van der Waals surface area contributed by atoms with E-state index in [9.17, 15) is 14.4 Å². The number of amides is 1. The summed E-state index contributed by atoms with van der Waals surface area (Å²) < 4.78 is 5.13. The fraction of sp³-hybridized carbons (Fsp3) is 0.471. The van der Waals surface area contributed by atoms with Gasteiger partial charge in [-0.05, 0) is 37.7 Å². The Kier molecular flexibility index (Phi) is 6.14. The van der Waals surface area contributed by atoms with Gasteiger partial charge in [0.05, 0.1) is 12.2 Å². The van der Waals surface area contributed by atoms with Crippen LogP contribution in [0.3, 0.4) is 0 Å². The van der Waals surface area contributed by atoms with Crippen molar-refractivity contribution >= 4 is 34.2 Å². The number of hydrogen-bond acceptors (Lipinski definition) is 5. The lowest BCUT2D eigenvalue weighted by molar-refractivity contribution is -0.131. The molecule has 24 heavy (non-hydrogen) atoms. The van der Waals surface area contributed by atoms with E-state index in [2.05, 4.69) is 12.2 Å². The van der Waals surface area contributed by atoms with Crippen LogP contribution in [-0.2, 0) is 27.2 Å². The summed E-state index contributed by atoms with van der Waals surface area (Å²) in [5.74, 6) is -1.63. The first-order valence-electron chi connectivity index (χ1n) is 7.99. The highest BCUT2D eigenvalue weighted by molar-refractivity contribution is 7.17. The van der Waals surface area contributed by atoms with Gasteiger partial charge in [0.1, 0.15) is 5.00 Å². The summed E-state index contributed by atoms with van der Waals surface area (Å²) in [7, 11) is 0. The highest BCUT2D eigenvalue weighted by Crippen LogP contribution is 2.40. The molecule has 1 aliphatic carbocycles. The number of aliphatic carboxylic acids is 1. The van der Waals surface area contributed by atoms with Crippen molar-refractivity contribution in [2.75, 3.05) is 11.9 Å². The third kappa shape index (κ3) is 4.23. The van der Waals surface area contributed by atoms with Gasteiger partial charge < -0.3 is 15.2 Å². The van der Waals surface area contributed by atoms with Gasteiger partial charge in [0.2, 0.25) is 5.91 Å². The normalized spacial score (nSPS) is 16.7. The topological polar surface area (TPSA) is 92.7 Å². The molecule has 1 aromatic rings. The molecule has 1 aliphatic rings. The molecule has 130 valence electrons. The van der Waals surface area contributed by atoms with Gasteiger partial charge in [-0.15, -0.1) is 11.3 Å². The van der Waals surface area contributed by atoms with Crippen LogP contribution >= 0.6 is 11.3 Å². The minimum Gasteiger partial charge on any atom is -0.478 e. The third-order valence-electron chi connectivity index (χ3n) is 4.04. The second-order valence-corrected chi connectivity index (χ2v) is 6.71. The van der Waals surface area contributed by atoms with Crippen molar-refractivity contribution in [2.24, 2.45) is 5.92 Å². The zero-order valence-corrected chi connectivity index (χ0v) is 14.6. The maximum Gasteiger partial charge on any atom is 0.341 e. The van der Waals surface area contributed by atoms with E-state index in [4.69, 9.17) is 9.84 Å². The van der Waals surface area contributed by atoms with Crippen LogP contribution in [-0.4, -0.2) is 29.6 Å². The summed E-state index contributed by atoms with van der Waals surface area (Å²) >= 11 is 1.38. The second kappa shape index (κ2) is 8.10. The van der Waals surface area contributed by atoms with E-state index in [0.717, 1.165) is 48.3 Å². The Bertz CT molecular complexity index is 677. The number of carbonyl (C=O) groups excluding carboxylic acids is 2. The van der Waals surface area contributed by atoms with Gasteiger partial charge in [0.15, 0.2) is 0 Å². The summed E-state index contributed by atoms with van der Waals surface area (Å²) in [5.41, 5.74) is 1.38. The lowest BCUT2D eigenvalue weighted by atomic mass is 9.85. The Balaban J connectivity index is 2.32. The van der Waals surface area contributed by atoms with E-state index in [1.54, 1.807) is 6.92 Å². The van der Waals surface area contributed by atoms with Crippen LogP contribution in [0.2, 0.25) is 0 Å². The Morgan fingerprint density at radius 2 is 2.08 bits per heavy atom. The lowest BCUT2D eigenvalue weighted by Crippen LogP contribution is -2.16. The van der Waals surface area contributed by atoms with Gasteiger partial charge >= 0.3 is 11.9 Å². The maximum atomic E-state index is 12.3. The quantitative estimate of drug-likeness (QED) is 0.607. The van der Waals surface area contributed by atoms with Crippen LogP contribution in [0.15, 0.2) is 12.2 Å². The van der Waals surface area contributed by atoms with Gasteiger partial charge in [-0.3, -0.25) is 4.79 Å². The third-order valence-corrected chi connectivity index (χ3v) is 5.21. The zero-order chi connectivity index (χ0) is 17.7. The van der Waals surface area contributed by atoms with Crippen molar-refractivity contribution in [3.8, 4) is 0 Å². The summed E-state index contributed by atoms with van der Waals surface area (Å²) in [6, 6.07) is 0. The van der Waals surface area contributed by atoms with Crippen molar-refractivity contribution in [1.29, 1.82) is 0 Å². The molecule has 1 aromatic heterocycles. The first kappa shape index (κ1) is 18.2. The molecule has 0 fully saturated rings. The largest absolute Gasteiger partial charge is 0.478 e.